The van der Waals surface area contributed by atoms with Crippen molar-refractivity contribution in [3.05, 3.63) is 29.1 Å². The van der Waals surface area contributed by atoms with Crippen molar-refractivity contribution in [2.45, 2.75) is 31.2 Å². The van der Waals surface area contributed by atoms with E-state index in [1.54, 1.807) is 13.0 Å². The Labute approximate surface area is 106 Å². The number of carbonyl (C=O) groups is 1. The molecule has 1 aromatic carbocycles. The predicted molar refractivity (Wildman–Crippen MR) is 69.8 cm³/mol. The summed E-state index contributed by atoms with van der Waals surface area (Å²) in [5, 5.41) is 1.59. The van der Waals surface area contributed by atoms with Crippen LogP contribution in [0.25, 0.3) is 0 Å². The maximum Gasteiger partial charge on any atom is 0.251 e. The molecule has 1 fully saturated rings. The predicted octanol–water partition coefficient (Wildman–Crippen LogP) is 2.35. The zero-order valence-corrected chi connectivity index (χ0v) is 11.1. The minimum Gasteiger partial charge on any atom is -0.379 e. The van der Waals surface area contributed by atoms with Gasteiger partial charge in [0.05, 0.1) is 11.6 Å². The molecule has 0 bridgehead atoms. The number of halogens is 2. The van der Waals surface area contributed by atoms with Crippen molar-refractivity contribution in [3.63, 3.8) is 0 Å². The van der Waals surface area contributed by atoms with Crippen LogP contribution in [0.4, 0.5) is 14.5 Å². The number of rotatable bonds is 3. The van der Waals surface area contributed by atoms with Crippen LogP contribution in [0.2, 0.25) is 0 Å². The van der Waals surface area contributed by atoms with Gasteiger partial charge in [-0.2, -0.15) is 0 Å². The fraction of sp³-hybridized carbons (Fsp3) is 0.417. The van der Waals surface area contributed by atoms with Gasteiger partial charge in [0.2, 0.25) is 0 Å². The molecule has 0 radical (unpaired) electrons. The Balaban J connectivity index is 2.23. The van der Waals surface area contributed by atoms with E-state index in [1.165, 1.54) is 6.07 Å². The highest BCUT2D eigenvalue weighted by Gasteiger charge is 2.43. The Hall–Kier alpha value is -1.22. The van der Waals surface area contributed by atoms with Crippen LogP contribution in [0.1, 0.15) is 28.8 Å². The van der Waals surface area contributed by atoms with E-state index in [-0.39, 0.29) is 11.6 Å². The molecule has 3 unspecified atom stereocenters. The smallest absolute Gasteiger partial charge is 0.251 e. The highest BCUT2D eigenvalue weighted by molar-refractivity contribution is 7.18. The maximum atomic E-state index is 13.7. The van der Waals surface area contributed by atoms with E-state index in [9.17, 15) is 13.6 Å². The largest absolute Gasteiger partial charge is 0.379 e. The summed E-state index contributed by atoms with van der Waals surface area (Å²) < 4.78 is 27.4. The molecule has 0 heterocycles. The SMILES string of the molecule is Cc1cc(NC2CCC2(F)P)cc(F)c1C(N)=O. The van der Waals surface area contributed by atoms with E-state index in [2.05, 4.69) is 14.6 Å². The van der Waals surface area contributed by atoms with Gasteiger partial charge in [-0.05, 0) is 37.5 Å². The van der Waals surface area contributed by atoms with E-state index >= 15 is 0 Å². The van der Waals surface area contributed by atoms with E-state index in [0.717, 1.165) is 0 Å². The molecule has 2 rings (SSSR count). The standard InChI is InChI=1S/C12H15F2N2OP/c1-6-4-7(5-8(13)10(6)11(15)17)16-9-2-3-12(9,14)18/h4-5,9,16H,2-3,18H2,1H3,(H2,15,17). The van der Waals surface area contributed by atoms with Crippen molar-refractivity contribution < 1.29 is 13.6 Å². The van der Waals surface area contributed by atoms with Crippen molar-refractivity contribution >= 4 is 20.8 Å². The minimum atomic E-state index is -1.34. The van der Waals surface area contributed by atoms with Gasteiger partial charge < -0.3 is 11.1 Å². The number of anilines is 1. The summed E-state index contributed by atoms with van der Waals surface area (Å²) in [6.07, 6.45) is 1.16. The molecule has 0 aromatic heterocycles. The third-order valence-corrected chi connectivity index (χ3v) is 3.96. The number of hydrogen-bond donors (Lipinski definition) is 2. The molecule has 0 aliphatic heterocycles. The molecule has 1 aromatic rings. The van der Waals surface area contributed by atoms with Crippen molar-refractivity contribution in [2.24, 2.45) is 5.73 Å². The van der Waals surface area contributed by atoms with Gasteiger partial charge in [0.1, 0.15) is 11.2 Å². The number of hydrogen-bond acceptors (Lipinski definition) is 2. The van der Waals surface area contributed by atoms with Crippen molar-refractivity contribution in [1.29, 1.82) is 0 Å². The van der Waals surface area contributed by atoms with Crippen molar-refractivity contribution in [1.82, 2.24) is 0 Å². The van der Waals surface area contributed by atoms with Gasteiger partial charge in [0.25, 0.3) is 5.91 Å². The van der Waals surface area contributed by atoms with Gasteiger partial charge in [0.15, 0.2) is 0 Å². The lowest BCUT2D eigenvalue weighted by Gasteiger charge is -2.41. The average molecular weight is 272 g/mol. The lowest BCUT2D eigenvalue weighted by Crippen LogP contribution is -2.47. The van der Waals surface area contributed by atoms with Gasteiger partial charge in [-0.1, -0.05) is 9.24 Å². The first-order chi connectivity index (χ1) is 8.31. The lowest BCUT2D eigenvalue weighted by atomic mass is 9.89. The molecule has 1 saturated carbocycles. The van der Waals surface area contributed by atoms with Gasteiger partial charge >= 0.3 is 0 Å². The highest BCUT2D eigenvalue weighted by atomic mass is 31.0. The highest BCUT2D eigenvalue weighted by Crippen LogP contribution is 2.43. The van der Waals surface area contributed by atoms with Gasteiger partial charge in [-0.3, -0.25) is 4.79 Å². The average Bonchev–Trinajstić information content (AvgIpc) is 2.23. The first kappa shape index (κ1) is 13.2. The Bertz CT molecular complexity index is 482. The van der Waals surface area contributed by atoms with Gasteiger partial charge in [0, 0.05) is 5.69 Å². The van der Waals surface area contributed by atoms with Crippen LogP contribution >= 0.6 is 9.24 Å². The summed E-state index contributed by atoms with van der Waals surface area (Å²) in [6.45, 7) is 1.60. The Morgan fingerprint density at radius 1 is 1.61 bits per heavy atom. The Morgan fingerprint density at radius 3 is 2.67 bits per heavy atom. The van der Waals surface area contributed by atoms with Crippen LogP contribution in [-0.2, 0) is 0 Å². The van der Waals surface area contributed by atoms with Crippen LogP contribution in [0.15, 0.2) is 12.1 Å². The molecule has 0 spiro atoms. The summed E-state index contributed by atoms with van der Waals surface area (Å²) in [5.41, 5.74) is 5.87. The zero-order valence-electron chi connectivity index (χ0n) is 9.97. The second-order valence-corrected chi connectivity index (χ2v) is 5.64. The number of amides is 1. The van der Waals surface area contributed by atoms with E-state index in [4.69, 9.17) is 5.73 Å². The molecule has 3 atom stereocenters. The number of benzene rings is 1. The molecule has 3 N–H and O–H groups in total. The molecule has 1 aliphatic carbocycles. The molecule has 98 valence electrons. The topological polar surface area (TPSA) is 55.1 Å². The first-order valence-electron chi connectivity index (χ1n) is 5.65. The van der Waals surface area contributed by atoms with Crippen LogP contribution in [0.3, 0.4) is 0 Å². The molecule has 1 amide bonds. The third-order valence-electron chi connectivity index (χ3n) is 3.27. The van der Waals surface area contributed by atoms with E-state index in [0.29, 0.717) is 24.1 Å². The second kappa shape index (κ2) is 4.47. The monoisotopic (exact) mass is 272 g/mol. The fourth-order valence-electron chi connectivity index (χ4n) is 2.10. The Kier molecular flexibility index (Phi) is 3.28. The summed E-state index contributed by atoms with van der Waals surface area (Å²) >= 11 is 0. The number of alkyl halides is 1. The lowest BCUT2D eigenvalue weighted by molar-refractivity contribution is 0.0996. The summed E-state index contributed by atoms with van der Waals surface area (Å²) in [4.78, 5) is 11.0. The number of primary amides is 1. The van der Waals surface area contributed by atoms with Crippen molar-refractivity contribution in [2.75, 3.05) is 5.32 Å². The van der Waals surface area contributed by atoms with E-state index in [1.807, 2.05) is 0 Å². The summed E-state index contributed by atoms with van der Waals surface area (Å²) in [7, 11) is 2.16. The molecule has 6 heteroatoms. The van der Waals surface area contributed by atoms with Crippen molar-refractivity contribution in [3.8, 4) is 0 Å². The Morgan fingerprint density at radius 2 is 2.28 bits per heavy atom. The summed E-state index contributed by atoms with van der Waals surface area (Å²) in [5.74, 6) is -1.48. The molecular formula is C12H15F2N2OP. The normalized spacial score (nSPS) is 26.6. The van der Waals surface area contributed by atoms with Gasteiger partial charge in [-0.15, -0.1) is 0 Å². The third kappa shape index (κ3) is 2.32. The van der Waals surface area contributed by atoms with Crippen LogP contribution < -0.4 is 11.1 Å². The van der Waals surface area contributed by atoms with Crippen LogP contribution in [0, 0.1) is 12.7 Å². The first-order valence-corrected chi connectivity index (χ1v) is 6.23. The van der Waals surface area contributed by atoms with Gasteiger partial charge in [-0.25, -0.2) is 8.78 Å². The molecule has 18 heavy (non-hydrogen) atoms. The zero-order chi connectivity index (χ0) is 13.5. The quantitative estimate of drug-likeness (QED) is 0.830. The van der Waals surface area contributed by atoms with E-state index < -0.39 is 17.1 Å². The molecule has 0 saturated heterocycles. The molecule has 1 aliphatic rings. The summed E-state index contributed by atoms with van der Waals surface area (Å²) in [6, 6.07) is 2.43. The molecular weight excluding hydrogens is 257 g/mol. The minimum absolute atomic E-state index is 0.119. The number of nitrogens with one attached hydrogen (secondary N) is 1. The van der Waals surface area contributed by atoms with Crippen LogP contribution in [-0.4, -0.2) is 17.4 Å². The maximum absolute atomic E-state index is 13.7. The van der Waals surface area contributed by atoms with Crippen LogP contribution in [0.5, 0.6) is 0 Å². The number of nitrogens with two attached hydrogens (primary N) is 1. The fourth-order valence-corrected chi connectivity index (χ4v) is 2.51. The molecule has 3 nitrogen and oxygen atoms in total. The number of carbonyl (C=O) groups excluding carboxylic acids is 1. The second-order valence-electron chi connectivity index (χ2n) is 4.68. The number of aryl methyl sites for hydroxylation is 1.